The van der Waals surface area contributed by atoms with Crippen LogP contribution in [0.1, 0.15) is 43.5 Å². The number of Topliss-reactive ketones (excluding diaryl/α,β-unsaturated/α-hetero) is 1. The third kappa shape index (κ3) is 4.50. The van der Waals surface area contributed by atoms with Gasteiger partial charge < -0.3 is 14.9 Å². The number of methoxy groups -OCH3 is 1. The van der Waals surface area contributed by atoms with Crippen LogP contribution < -0.4 is 9.64 Å². The van der Waals surface area contributed by atoms with Crippen molar-refractivity contribution in [2.24, 2.45) is 0 Å². The van der Waals surface area contributed by atoms with Crippen LogP contribution >= 0.6 is 11.3 Å². The number of carbonyl (C=O) groups is 2. The Morgan fingerprint density at radius 1 is 1.05 bits per heavy atom. The molecule has 39 heavy (non-hydrogen) atoms. The highest BCUT2D eigenvalue weighted by molar-refractivity contribution is 7.22. The molecule has 2 heterocycles. The Balaban J connectivity index is 1.77. The van der Waals surface area contributed by atoms with Crippen LogP contribution in [0, 0.1) is 11.6 Å². The van der Waals surface area contributed by atoms with Crippen molar-refractivity contribution < 1.29 is 33.3 Å². The highest BCUT2D eigenvalue weighted by Crippen LogP contribution is 2.46. The van der Waals surface area contributed by atoms with Crippen molar-refractivity contribution in [3.63, 3.8) is 0 Å². The number of phenols is 1. The van der Waals surface area contributed by atoms with Crippen molar-refractivity contribution in [1.29, 1.82) is 0 Å². The third-order valence-corrected chi connectivity index (χ3v) is 7.58. The van der Waals surface area contributed by atoms with Crippen molar-refractivity contribution in [1.82, 2.24) is 4.98 Å². The number of fused-ring (bicyclic) bond motifs is 1. The summed E-state index contributed by atoms with van der Waals surface area (Å²) < 4.78 is 34.0. The number of hydrogen-bond donors (Lipinski definition) is 2. The van der Waals surface area contributed by atoms with Gasteiger partial charge in [0.15, 0.2) is 10.9 Å². The molecule has 1 fully saturated rings. The highest BCUT2D eigenvalue weighted by atomic mass is 32.1. The van der Waals surface area contributed by atoms with Gasteiger partial charge in [-0.15, -0.1) is 0 Å². The smallest absolute Gasteiger partial charge is 0.301 e. The molecule has 1 unspecified atom stereocenters. The summed E-state index contributed by atoms with van der Waals surface area (Å²) in [6.45, 7) is 5.97. The number of hydrogen-bond acceptors (Lipinski definition) is 7. The monoisotopic (exact) mass is 550 g/mol. The van der Waals surface area contributed by atoms with Gasteiger partial charge >= 0.3 is 5.91 Å². The topological polar surface area (TPSA) is 100.0 Å². The predicted molar refractivity (Wildman–Crippen MR) is 144 cm³/mol. The lowest BCUT2D eigenvalue weighted by atomic mass is 9.85. The molecule has 0 saturated carbocycles. The van der Waals surface area contributed by atoms with Gasteiger partial charge in [0.2, 0.25) is 0 Å². The number of anilines is 1. The molecule has 0 bridgehead atoms. The molecule has 3 aromatic carbocycles. The predicted octanol–water partition coefficient (Wildman–Crippen LogP) is 6.21. The van der Waals surface area contributed by atoms with E-state index in [4.69, 9.17) is 4.74 Å². The van der Waals surface area contributed by atoms with E-state index in [0.717, 1.165) is 27.9 Å². The van der Waals surface area contributed by atoms with Gasteiger partial charge in [-0.1, -0.05) is 50.3 Å². The maximum absolute atomic E-state index is 14.5. The maximum atomic E-state index is 14.5. The molecule has 0 aliphatic carbocycles. The zero-order valence-electron chi connectivity index (χ0n) is 21.5. The van der Waals surface area contributed by atoms with Crippen molar-refractivity contribution in [2.45, 2.75) is 32.2 Å². The quantitative estimate of drug-likeness (QED) is 0.178. The van der Waals surface area contributed by atoms with E-state index in [1.165, 1.54) is 31.4 Å². The Hall–Kier alpha value is -4.31. The second-order valence-corrected chi connectivity index (χ2v) is 11.2. The van der Waals surface area contributed by atoms with E-state index in [1.807, 2.05) is 26.8 Å². The van der Waals surface area contributed by atoms with E-state index in [9.17, 15) is 28.6 Å². The summed E-state index contributed by atoms with van der Waals surface area (Å²) in [4.78, 5) is 32.2. The molecule has 1 aliphatic heterocycles. The first-order chi connectivity index (χ1) is 18.4. The lowest BCUT2D eigenvalue weighted by Crippen LogP contribution is -2.29. The minimum atomic E-state index is -1.18. The average Bonchev–Trinajstić information content (AvgIpc) is 3.41. The van der Waals surface area contributed by atoms with E-state index >= 15 is 0 Å². The molecular formula is C29H24F2N2O5S. The minimum Gasteiger partial charge on any atom is -0.508 e. The Kier molecular flexibility index (Phi) is 6.38. The van der Waals surface area contributed by atoms with Gasteiger partial charge in [-0.25, -0.2) is 13.8 Å². The fourth-order valence-corrected chi connectivity index (χ4v) is 5.59. The van der Waals surface area contributed by atoms with Gasteiger partial charge in [0.05, 0.1) is 29.0 Å². The molecule has 1 atom stereocenters. The lowest BCUT2D eigenvalue weighted by molar-refractivity contribution is -0.132. The summed E-state index contributed by atoms with van der Waals surface area (Å²) in [6, 6.07) is 11.6. The summed E-state index contributed by atoms with van der Waals surface area (Å²) >= 11 is 0.837. The Morgan fingerprint density at radius 2 is 1.74 bits per heavy atom. The zero-order valence-corrected chi connectivity index (χ0v) is 22.3. The summed E-state index contributed by atoms with van der Waals surface area (Å²) in [6.07, 6.45) is 0. The molecule has 1 amide bonds. The molecule has 1 saturated heterocycles. The number of carbonyl (C=O) groups excluding carboxylic acids is 2. The molecular weight excluding hydrogens is 526 g/mol. The van der Waals surface area contributed by atoms with Crippen molar-refractivity contribution in [2.75, 3.05) is 12.0 Å². The number of thiazole rings is 1. The maximum Gasteiger partial charge on any atom is 0.301 e. The summed E-state index contributed by atoms with van der Waals surface area (Å²) in [5.74, 6) is -3.93. The molecule has 0 spiro atoms. The first-order valence-electron chi connectivity index (χ1n) is 11.9. The van der Waals surface area contributed by atoms with E-state index in [-0.39, 0.29) is 43.4 Å². The normalized spacial score (nSPS) is 17.3. The van der Waals surface area contributed by atoms with Crippen LogP contribution in [0.25, 0.3) is 16.0 Å². The first kappa shape index (κ1) is 26.3. The number of phenolic OH excluding ortho intramolecular Hbond substituents is 1. The summed E-state index contributed by atoms with van der Waals surface area (Å²) in [7, 11) is 1.42. The number of ketones is 1. The van der Waals surface area contributed by atoms with Gasteiger partial charge in [-0.3, -0.25) is 14.5 Å². The third-order valence-electron chi connectivity index (χ3n) is 6.58. The van der Waals surface area contributed by atoms with E-state index < -0.39 is 35.1 Å². The van der Waals surface area contributed by atoms with E-state index in [1.54, 1.807) is 12.1 Å². The summed E-state index contributed by atoms with van der Waals surface area (Å²) in [5.41, 5.74) is 0.756. The number of ether oxygens (including phenoxy) is 1. The number of rotatable bonds is 4. The second kappa shape index (κ2) is 9.46. The number of aromatic hydroxyl groups is 1. The van der Waals surface area contributed by atoms with Crippen LogP contribution in [0.15, 0.2) is 60.2 Å². The Morgan fingerprint density at radius 3 is 2.38 bits per heavy atom. The van der Waals surface area contributed by atoms with E-state index in [2.05, 4.69) is 4.98 Å². The fourth-order valence-electron chi connectivity index (χ4n) is 4.55. The molecule has 2 N–H and O–H groups in total. The largest absolute Gasteiger partial charge is 0.508 e. The number of aliphatic hydroxyl groups excluding tert-OH is 1. The van der Waals surface area contributed by atoms with Crippen molar-refractivity contribution in [3.05, 3.63) is 88.5 Å². The number of halogens is 2. The van der Waals surface area contributed by atoms with Gasteiger partial charge in [-0.2, -0.15) is 0 Å². The van der Waals surface area contributed by atoms with Gasteiger partial charge in [0, 0.05) is 6.07 Å². The van der Waals surface area contributed by atoms with Gasteiger partial charge in [0.1, 0.15) is 28.6 Å². The first-order valence-corrected chi connectivity index (χ1v) is 12.8. The number of aliphatic hydroxyl groups is 1. The van der Waals surface area contributed by atoms with Crippen LogP contribution in [0.4, 0.5) is 13.9 Å². The molecule has 1 aromatic heterocycles. The molecule has 10 heteroatoms. The molecule has 4 aromatic rings. The summed E-state index contributed by atoms with van der Waals surface area (Å²) in [5, 5.41) is 21.4. The number of amides is 1. The number of nitrogens with zero attached hydrogens (tertiary/aromatic N) is 2. The van der Waals surface area contributed by atoms with Crippen LogP contribution in [-0.4, -0.2) is 34.0 Å². The SMILES string of the molecule is COc1ccc(C(C)(C)C)cc1/C(O)=C1\C(=O)C(=O)N(c2nc3c(F)cc(F)cc3s2)C1c1ccc(O)cc1. The average molecular weight is 551 g/mol. The standard InChI is InChI=1S/C29H24F2N2O5S/c1-29(2,3)15-7-10-20(38-4)18(11-15)25(35)22-24(14-5-8-17(34)9-6-14)33(27(37)26(22)36)28-32-23-19(31)12-16(30)13-21(23)39-28/h5-13,24,34-35H,1-4H3/b25-22+. The van der Waals surface area contributed by atoms with Crippen LogP contribution in [0.2, 0.25) is 0 Å². The Labute approximate surface area is 226 Å². The van der Waals surface area contributed by atoms with E-state index in [0.29, 0.717) is 11.6 Å². The lowest BCUT2D eigenvalue weighted by Gasteiger charge is -2.24. The Bertz CT molecular complexity index is 1670. The van der Waals surface area contributed by atoms with Crippen molar-refractivity contribution >= 4 is 44.1 Å². The number of benzene rings is 3. The fraction of sp³-hybridized carbons (Fsp3) is 0.207. The zero-order chi connectivity index (χ0) is 28.2. The van der Waals surface area contributed by atoms with Crippen LogP contribution in [-0.2, 0) is 15.0 Å². The molecule has 7 nitrogen and oxygen atoms in total. The molecule has 0 radical (unpaired) electrons. The molecule has 1 aliphatic rings. The number of aromatic nitrogens is 1. The molecule has 5 rings (SSSR count). The van der Waals surface area contributed by atoms with Crippen LogP contribution in [0.5, 0.6) is 11.5 Å². The van der Waals surface area contributed by atoms with Crippen LogP contribution in [0.3, 0.4) is 0 Å². The molecule has 200 valence electrons. The van der Waals surface area contributed by atoms with Crippen molar-refractivity contribution in [3.8, 4) is 11.5 Å². The highest BCUT2D eigenvalue weighted by Gasteiger charge is 2.48. The second-order valence-electron chi connectivity index (χ2n) is 10.2. The van der Waals surface area contributed by atoms with Gasteiger partial charge in [0.25, 0.3) is 5.78 Å². The minimum absolute atomic E-state index is 0.0483. The van der Waals surface area contributed by atoms with Gasteiger partial charge in [-0.05, 0) is 46.9 Å².